The standard InChI is InChI=1S/C15H25N5O2S/c1-5-11-17-14(19-18-11)23-8-12(21)16-10-6-13(22)20(7-10)9-15(2,3)4/h10H,5-9H2,1-4H3,(H,16,21)(H,17,18,19). The molecule has 1 aliphatic rings. The molecule has 1 aliphatic heterocycles. The number of carbonyl (C=O) groups excluding carboxylic acids is 2. The smallest absolute Gasteiger partial charge is 0.230 e. The molecule has 8 heteroatoms. The molecule has 0 aromatic carbocycles. The maximum absolute atomic E-state index is 12.0. The van der Waals surface area contributed by atoms with Gasteiger partial charge in [-0.3, -0.25) is 14.7 Å². The van der Waals surface area contributed by atoms with Crippen LogP contribution in [0, 0.1) is 5.41 Å². The summed E-state index contributed by atoms with van der Waals surface area (Å²) in [4.78, 5) is 30.1. The molecule has 23 heavy (non-hydrogen) atoms. The third-order valence-electron chi connectivity index (χ3n) is 3.42. The molecule has 1 atom stereocenters. The first-order valence-corrected chi connectivity index (χ1v) is 8.86. The third kappa shape index (κ3) is 5.53. The maximum atomic E-state index is 12.0. The van der Waals surface area contributed by atoms with Crippen LogP contribution in [0.2, 0.25) is 0 Å². The normalized spacial score (nSPS) is 18.5. The molecule has 0 aliphatic carbocycles. The number of nitrogens with zero attached hydrogens (tertiary/aromatic N) is 3. The van der Waals surface area contributed by atoms with E-state index in [-0.39, 0.29) is 29.0 Å². The summed E-state index contributed by atoms with van der Waals surface area (Å²) in [7, 11) is 0. The first-order valence-electron chi connectivity index (χ1n) is 7.88. The topological polar surface area (TPSA) is 91.0 Å². The summed E-state index contributed by atoms with van der Waals surface area (Å²) < 4.78 is 0. The van der Waals surface area contributed by atoms with Crippen LogP contribution in [-0.4, -0.2) is 56.8 Å². The molecule has 0 radical (unpaired) electrons. The van der Waals surface area contributed by atoms with Crippen LogP contribution in [0.4, 0.5) is 0 Å². The molecule has 0 bridgehead atoms. The van der Waals surface area contributed by atoms with Crippen molar-refractivity contribution in [1.82, 2.24) is 25.4 Å². The number of amides is 2. The number of thioether (sulfide) groups is 1. The van der Waals surface area contributed by atoms with Crippen molar-refractivity contribution in [2.24, 2.45) is 5.41 Å². The maximum Gasteiger partial charge on any atom is 0.230 e. The second-order valence-corrected chi connectivity index (χ2v) is 7.95. The quantitative estimate of drug-likeness (QED) is 0.761. The Hall–Kier alpha value is -1.57. The zero-order chi connectivity index (χ0) is 17.0. The second kappa shape index (κ2) is 7.33. The van der Waals surface area contributed by atoms with Gasteiger partial charge < -0.3 is 10.2 Å². The average molecular weight is 339 g/mol. The zero-order valence-corrected chi connectivity index (χ0v) is 15.0. The molecule has 0 spiro atoms. The van der Waals surface area contributed by atoms with Gasteiger partial charge >= 0.3 is 0 Å². The van der Waals surface area contributed by atoms with E-state index in [9.17, 15) is 9.59 Å². The van der Waals surface area contributed by atoms with E-state index < -0.39 is 0 Å². The van der Waals surface area contributed by atoms with Crippen LogP contribution < -0.4 is 5.32 Å². The summed E-state index contributed by atoms with van der Waals surface area (Å²) in [6.45, 7) is 9.60. The zero-order valence-electron chi connectivity index (χ0n) is 14.2. The average Bonchev–Trinajstić information content (AvgIpc) is 3.02. The van der Waals surface area contributed by atoms with Gasteiger partial charge in [0.25, 0.3) is 0 Å². The third-order valence-corrected chi connectivity index (χ3v) is 4.27. The van der Waals surface area contributed by atoms with E-state index in [4.69, 9.17) is 0 Å². The van der Waals surface area contributed by atoms with Gasteiger partial charge in [-0.15, -0.1) is 5.10 Å². The number of hydrogen-bond donors (Lipinski definition) is 2. The number of aromatic nitrogens is 3. The summed E-state index contributed by atoms with van der Waals surface area (Å²) in [5, 5.41) is 10.4. The number of rotatable bonds is 6. The molecule has 128 valence electrons. The van der Waals surface area contributed by atoms with E-state index in [2.05, 4.69) is 41.3 Å². The van der Waals surface area contributed by atoms with Gasteiger partial charge in [0.15, 0.2) is 0 Å². The minimum absolute atomic E-state index is 0.0625. The molecule has 2 heterocycles. The molecule has 1 aromatic heterocycles. The predicted octanol–water partition coefficient (Wildman–Crippen LogP) is 1.22. The summed E-state index contributed by atoms with van der Waals surface area (Å²) in [5.74, 6) is 1.09. The fraction of sp³-hybridized carbons (Fsp3) is 0.733. The number of H-pyrrole nitrogens is 1. The van der Waals surface area contributed by atoms with E-state index >= 15 is 0 Å². The summed E-state index contributed by atoms with van der Waals surface area (Å²) in [6.07, 6.45) is 1.17. The van der Waals surface area contributed by atoms with E-state index in [1.54, 1.807) is 0 Å². The van der Waals surface area contributed by atoms with Gasteiger partial charge in [0.2, 0.25) is 17.0 Å². The number of nitrogens with one attached hydrogen (secondary N) is 2. The van der Waals surface area contributed by atoms with E-state index in [0.29, 0.717) is 24.7 Å². The number of aromatic amines is 1. The molecular formula is C15H25N5O2S. The van der Waals surface area contributed by atoms with Gasteiger partial charge in [0.1, 0.15) is 5.82 Å². The van der Waals surface area contributed by atoms with Crippen LogP contribution in [0.5, 0.6) is 0 Å². The Balaban J connectivity index is 1.76. The Labute approximate surface area is 141 Å². The summed E-state index contributed by atoms with van der Waals surface area (Å²) in [6, 6.07) is -0.101. The molecule has 2 N–H and O–H groups in total. The van der Waals surface area contributed by atoms with Gasteiger partial charge in [-0.1, -0.05) is 39.5 Å². The second-order valence-electron chi connectivity index (χ2n) is 7.01. The van der Waals surface area contributed by atoms with Crippen molar-refractivity contribution < 1.29 is 9.59 Å². The minimum Gasteiger partial charge on any atom is -0.350 e. The lowest BCUT2D eigenvalue weighted by Crippen LogP contribution is -2.39. The lowest BCUT2D eigenvalue weighted by atomic mass is 9.96. The molecule has 1 saturated heterocycles. The highest BCUT2D eigenvalue weighted by Gasteiger charge is 2.32. The fourth-order valence-electron chi connectivity index (χ4n) is 2.49. The van der Waals surface area contributed by atoms with Crippen LogP contribution in [-0.2, 0) is 16.0 Å². The Morgan fingerprint density at radius 2 is 2.22 bits per heavy atom. The van der Waals surface area contributed by atoms with Crippen molar-refractivity contribution in [3.63, 3.8) is 0 Å². The first kappa shape index (κ1) is 17.8. The summed E-state index contributed by atoms with van der Waals surface area (Å²) in [5.41, 5.74) is 0.0625. The van der Waals surface area contributed by atoms with Crippen LogP contribution in [0.1, 0.15) is 39.9 Å². The van der Waals surface area contributed by atoms with E-state index in [1.807, 2.05) is 11.8 Å². The Bertz CT molecular complexity index is 566. The molecule has 1 unspecified atom stereocenters. The van der Waals surface area contributed by atoms with Crippen molar-refractivity contribution in [2.45, 2.75) is 51.7 Å². The Kier molecular flexibility index (Phi) is 5.67. The van der Waals surface area contributed by atoms with E-state index in [0.717, 1.165) is 12.2 Å². The molecule has 2 rings (SSSR count). The van der Waals surface area contributed by atoms with Crippen LogP contribution in [0.25, 0.3) is 0 Å². The highest BCUT2D eigenvalue weighted by atomic mass is 32.2. The van der Waals surface area contributed by atoms with Gasteiger partial charge in [-0.2, -0.15) is 0 Å². The molecule has 2 amide bonds. The van der Waals surface area contributed by atoms with Crippen molar-refractivity contribution in [2.75, 3.05) is 18.8 Å². The minimum atomic E-state index is -0.101. The van der Waals surface area contributed by atoms with Crippen LogP contribution in [0.3, 0.4) is 0 Å². The van der Waals surface area contributed by atoms with Crippen LogP contribution in [0.15, 0.2) is 5.16 Å². The SMILES string of the molecule is CCc1nc(SCC(=O)NC2CC(=O)N(CC(C)(C)C)C2)n[nH]1. The van der Waals surface area contributed by atoms with Crippen molar-refractivity contribution in [3.05, 3.63) is 5.82 Å². The predicted molar refractivity (Wildman–Crippen MR) is 89.1 cm³/mol. The lowest BCUT2D eigenvalue weighted by Gasteiger charge is -2.26. The fourth-order valence-corrected chi connectivity index (χ4v) is 3.12. The van der Waals surface area contributed by atoms with E-state index in [1.165, 1.54) is 11.8 Å². The van der Waals surface area contributed by atoms with Gasteiger partial charge in [0, 0.05) is 25.9 Å². The number of carbonyl (C=O) groups is 2. The largest absolute Gasteiger partial charge is 0.350 e. The first-order chi connectivity index (χ1) is 10.8. The van der Waals surface area contributed by atoms with Crippen molar-refractivity contribution in [3.8, 4) is 0 Å². The molecule has 1 fully saturated rings. The highest BCUT2D eigenvalue weighted by molar-refractivity contribution is 7.99. The molecule has 7 nitrogen and oxygen atoms in total. The summed E-state index contributed by atoms with van der Waals surface area (Å²) >= 11 is 1.30. The van der Waals surface area contributed by atoms with Crippen LogP contribution >= 0.6 is 11.8 Å². The van der Waals surface area contributed by atoms with Gasteiger partial charge in [-0.25, -0.2) is 4.98 Å². The Morgan fingerprint density at radius 1 is 1.48 bits per heavy atom. The van der Waals surface area contributed by atoms with Gasteiger partial charge in [0.05, 0.1) is 11.8 Å². The Morgan fingerprint density at radius 3 is 2.83 bits per heavy atom. The number of hydrogen-bond acceptors (Lipinski definition) is 5. The lowest BCUT2D eigenvalue weighted by molar-refractivity contribution is -0.128. The monoisotopic (exact) mass is 339 g/mol. The van der Waals surface area contributed by atoms with Crippen molar-refractivity contribution in [1.29, 1.82) is 0 Å². The molecule has 0 saturated carbocycles. The number of aryl methyl sites for hydroxylation is 1. The number of likely N-dealkylation sites (tertiary alicyclic amines) is 1. The molecule has 1 aromatic rings. The van der Waals surface area contributed by atoms with Gasteiger partial charge in [-0.05, 0) is 5.41 Å². The molecular weight excluding hydrogens is 314 g/mol. The highest BCUT2D eigenvalue weighted by Crippen LogP contribution is 2.20. The van der Waals surface area contributed by atoms with Crippen molar-refractivity contribution >= 4 is 23.6 Å².